The number of aromatic nitrogens is 5. The minimum absolute atomic E-state index is 0.775. The number of hydrogen-bond acceptors (Lipinski definition) is 2. The molecule has 0 fully saturated rings. The van der Waals surface area contributed by atoms with E-state index in [-0.39, 0.29) is 0 Å². The van der Waals surface area contributed by atoms with Gasteiger partial charge in [0.25, 0.3) is 0 Å². The first-order chi connectivity index (χ1) is 31.2. The number of benzene rings is 9. The van der Waals surface area contributed by atoms with Crippen molar-refractivity contribution in [3.8, 4) is 22.8 Å². The van der Waals surface area contributed by atoms with Crippen LogP contribution >= 0.6 is 0 Å². The molecule has 0 radical (unpaired) electrons. The van der Waals surface area contributed by atoms with Crippen molar-refractivity contribution in [1.29, 1.82) is 0 Å². The van der Waals surface area contributed by atoms with Gasteiger partial charge in [0.1, 0.15) is 5.69 Å². The largest absolute Gasteiger partial charge is 0.316 e. The van der Waals surface area contributed by atoms with E-state index in [1.165, 1.54) is 43.4 Å². The molecule has 4 heterocycles. The lowest BCUT2D eigenvalue weighted by Gasteiger charge is -2.15. The monoisotopic (exact) mass is 803 g/mol. The van der Waals surface area contributed by atoms with Crippen LogP contribution in [0.4, 0.5) is 0 Å². The van der Waals surface area contributed by atoms with Crippen LogP contribution in [-0.4, -0.2) is 23.7 Å². The molecule has 9 aromatic carbocycles. The van der Waals surface area contributed by atoms with Crippen molar-refractivity contribution in [2.45, 2.75) is 0 Å². The molecular formula is C58H37N5. The fourth-order valence-electron chi connectivity index (χ4n) is 9.91. The summed E-state index contributed by atoms with van der Waals surface area (Å²) >= 11 is 0. The van der Waals surface area contributed by atoms with Crippen molar-refractivity contribution >= 4 is 106 Å². The molecule has 0 amide bonds. The van der Waals surface area contributed by atoms with Gasteiger partial charge < -0.3 is 9.13 Å². The van der Waals surface area contributed by atoms with Gasteiger partial charge in [-0.1, -0.05) is 134 Å². The Morgan fingerprint density at radius 1 is 0.397 bits per heavy atom. The molecule has 13 aromatic rings. The van der Waals surface area contributed by atoms with Crippen molar-refractivity contribution in [2.75, 3.05) is 0 Å². The zero-order chi connectivity index (χ0) is 41.6. The van der Waals surface area contributed by atoms with Crippen LogP contribution in [0.15, 0.2) is 201 Å². The molecule has 0 atom stereocenters. The van der Waals surface area contributed by atoms with Crippen molar-refractivity contribution in [3.05, 3.63) is 212 Å². The van der Waals surface area contributed by atoms with E-state index >= 15 is 0 Å². The first kappa shape index (κ1) is 35.2. The van der Waals surface area contributed by atoms with Gasteiger partial charge in [-0.2, -0.15) is 0 Å². The Morgan fingerprint density at radius 2 is 0.968 bits per heavy atom. The number of nitrogens with zero attached hydrogens (tertiary/aromatic N) is 5. The number of rotatable bonds is 6. The topological polar surface area (TPSA) is 40.6 Å². The van der Waals surface area contributed by atoms with Gasteiger partial charge >= 0.3 is 0 Å². The molecule has 0 aliphatic rings. The third-order valence-corrected chi connectivity index (χ3v) is 12.8. The molecule has 63 heavy (non-hydrogen) atoms. The summed E-state index contributed by atoms with van der Waals surface area (Å²) < 4.78 is 6.98. The van der Waals surface area contributed by atoms with Gasteiger partial charge in [0.15, 0.2) is 5.82 Å². The summed E-state index contributed by atoms with van der Waals surface area (Å²) in [7, 11) is 0. The molecule has 0 saturated carbocycles. The molecular weight excluding hydrogens is 767 g/mol. The zero-order valence-electron chi connectivity index (χ0n) is 34.2. The zero-order valence-corrected chi connectivity index (χ0v) is 34.2. The van der Waals surface area contributed by atoms with Crippen molar-refractivity contribution in [3.63, 3.8) is 0 Å². The molecule has 4 aromatic heterocycles. The smallest absolute Gasteiger partial charge is 0.165 e. The Morgan fingerprint density at radius 3 is 1.73 bits per heavy atom. The van der Waals surface area contributed by atoms with Gasteiger partial charge in [-0.15, -0.1) is 0 Å². The molecule has 0 aliphatic carbocycles. The van der Waals surface area contributed by atoms with Crippen molar-refractivity contribution < 1.29 is 0 Å². The van der Waals surface area contributed by atoms with E-state index in [4.69, 9.17) is 9.97 Å². The van der Waals surface area contributed by atoms with Gasteiger partial charge in [-0.3, -0.25) is 4.57 Å². The van der Waals surface area contributed by atoms with Gasteiger partial charge in [-0.25, -0.2) is 9.97 Å². The summed E-state index contributed by atoms with van der Waals surface area (Å²) in [5.41, 5.74) is 13.4. The summed E-state index contributed by atoms with van der Waals surface area (Å²) in [6, 6.07) is 69.2. The third-order valence-electron chi connectivity index (χ3n) is 12.8. The maximum atomic E-state index is 5.48. The maximum Gasteiger partial charge on any atom is 0.165 e. The van der Waals surface area contributed by atoms with Gasteiger partial charge in [-0.05, 0) is 101 Å². The predicted octanol–water partition coefficient (Wildman–Crippen LogP) is 15.0. The molecule has 0 aliphatic heterocycles. The Hall–Kier alpha value is -8.54. The van der Waals surface area contributed by atoms with Crippen LogP contribution < -0.4 is 0 Å². The van der Waals surface area contributed by atoms with Gasteiger partial charge in [0.2, 0.25) is 0 Å². The summed E-state index contributed by atoms with van der Waals surface area (Å²) in [4.78, 5) is 10.9. The molecule has 0 bridgehead atoms. The fraction of sp³-hybridized carbons (Fsp3) is 0. The molecule has 0 N–H and O–H groups in total. The van der Waals surface area contributed by atoms with E-state index in [2.05, 4.69) is 215 Å². The Kier molecular flexibility index (Phi) is 7.69. The lowest BCUT2D eigenvalue weighted by atomic mass is 10.0. The van der Waals surface area contributed by atoms with E-state index < -0.39 is 0 Å². The van der Waals surface area contributed by atoms with E-state index in [9.17, 15) is 0 Å². The Bertz CT molecular complexity index is 4050. The van der Waals surface area contributed by atoms with Crippen LogP contribution in [0.2, 0.25) is 0 Å². The quantitative estimate of drug-likeness (QED) is 0.168. The predicted molar refractivity (Wildman–Crippen MR) is 266 cm³/mol. The van der Waals surface area contributed by atoms with E-state index in [1.807, 2.05) is 18.2 Å². The van der Waals surface area contributed by atoms with E-state index in [1.54, 1.807) is 0 Å². The summed E-state index contributed by atoms with van der Waals surface area (Å²) in [6.45, 7) is 4.34. The van der Waals surface area contributed by atoms with Crippen LogP contribution in [0.25, 0.3) is 128 Å². The minimum Gasteiger partial charge on any atom is -0.316 e. The van der Waals surface area contributed by atoms with Crippen molar-refractivity contribution in [2.24, 2.45) is 0 Å². The number of fused-ring (bicyclic) bond motifs is 11. The lowest BCUT2D eigenvalue weighted by Crippen LogP contribution is -2.04. The van der Waals surface area contributed by atoms with Crippen LogP contribution in [-0.2, 0) is 0 Å². The number of para-hydroxylation sites is 6. The Balaban J connectivity index is 1.04. The normalized spacial score (nSPS) is 12.1. The second-order valence-corrected chi connectivity index (χ2v) is 16.3. The van der Waals surface area contributed by atoms with Crippen LogP contribution in [0, 0.1) is 0 Å². The van der Waals surface area contributed by atoms with Crippen LogP contribution in [0.5, 0.6) is 0 Å². The van der Waals surface area contributed by atoms with Crippen molar-refractivity contribution in [1.82, 2.24) is 23.7 Å². The maximum absolute atomic E-state index is 5.48. The lowest BCUT2D eigenvalue weighted by molar-refractivity contribution is 1.08. The third kappa shape index (κ3) is 5.36. The Labute approximate surface area is 362 Å². The molecule has 5 nitrogen and oxygen atoms in total. The van der Waals surface area contributed by atoms with Gasteiger partial charge in [0, 0.05) is 49.8 Å². The summed E-state index contributed by atoms with van der Waals surface area (Å²) in [5.74, 6) is 0.775. The summed E-state index contributed by atoms with van der Waals surface area (Å²) in [5, 5.41) is 9.61. The summed E-state index contributed by atoms with van der Waals surface area (Å²) in [6.07, 6.45) is 6.40. The molecule has 5 heteroatoms. The molecule has 0 spiro atoms. The molecule has 294 valence electrons. The van der Waals surface area contributed by atoms with E-state index in [0.29, 0.717) is 0 Å². The fourth-order valence-corrected chi connectivity index (χ4v) is 9.91. The first-order valence-electron chi connectivity index (χ1n) is 21.4. The first-order valence-corrected chi connectivity index (χ1v) is 21.4. The van der Waals surface area contributed by atoms with Gasteiger partial charge in [0.05, 0.1) is 44.1 Å². The molecule has 13 rings (SSSR count). The molecule has 0 saturated heterocycles. The second-order valence-electron chi connectivity index (χ2n) is 16.3. The SMILES string of the molecule is C=Cc1cc2c(cc1/C=C/n1c3ccccc3c3cc4ccccc4cc31)c1ccccc1n2-c1nc2ccccc2nc1-c1ccc2c3ccccc3n(-c3ccccc3)c2c1. The highest BCUT2D eigenvalue weighted by Gasteiger charge is 2.22. The average Bonchev–Trinajstić information content (AvgIpc) is 3.96. The van der Waals surface area contributed by atoms with Crippen LogP contribution in [0.3, 0.4) is 0 Å². The standard InChI is InChI=1S/C58H37N5/c1-2-37-34-56-48(33-40(37)30-31-61-51-25-13-8-21-44(51)47-32-38-16-6-7-17-39(38)35-54(47)61)45-22-10-15-27-53(45)63(56)58-57(59-49-23-11-12-24-50(49)60-58)41-28-29-46-43-20-9-14-26-52(43)62(55(46)36-41)42-18-4-3-5-19-42/h2-36H,1H2/b31-30+. The highest BCUT2D eigenvalue weighted by Crippen LogP contribution is 2.40. The highest BCUT2D eigenvalue weighted by atomic mass is 15.1. The van der Waals surface area contributed by atoms with Crippen LogP contribution in [0.1, 0.15) is 11.1 Å². The molecule has 0 unspecified atom stereocenters. The average molecular weight is 804 g/mol. The minimum atomic E-state index is 0.775. The second kappa shape index (κ2) is 13.7. The number of hydrogen-bond donors (Lipinski definition) is 0. The van der Waals surface area contributed by atoms with E-state index in [0.717, 1.165) is 77.8 Å². The highest BCUT2D eigenvalue weighted by molar-refractivity contribution is 6.15.